The number of benzene rings is 1. The normalized spacial score (nSPS) is 23.6. The lowest BCUT2D eigenvalue weighted by molar-refractivity contribution is 0.0822. The zero-order valence-electron chi connectivity index (χ0n) is 11.4. The lowest BCUT2D eigenvalue weighted by Gasteiger charge is -2.36. The third-order valence-electron chi connectivity index (χ3n) is 4.15. The Morgan fingerprint density at radius 1 is 1.22 bits per heavy atom. The molecule has 1 fully saturated rings. The zero-order valence-corrected chi connectivity index (χ0v) is 11.4. The van der Waals surface area contributed by atoms with E-state index in [-0.39, 0.29) is 12.6 Å². The molecule has 0 aromatic heterocycles. The number of rotatable bonds is 4. The van der Waals surface area contributed by atoms with Crippen LogP contribution in [-0.4, -0.2) is 29.2 Å². The minimum absolute atomic E-state index is 0.175. The van der Waals surface area contributed by atoms with Crippen molar-refractivity contribution in [3.63, 3.8) is 0 Å². The molecule has 100 valence electrons. The number of likely N-dealkylation sites (tertiary alicyclic amines) is 1. The van der Waals surface area contributed by atoms with Gasteiger partial charge in [-0.3, -0.25) is 4.90 Å². The maximum Gasteiger partial charge on any atom is 0.0628 e. The van der Waals surface area contributed by atoms with Gasteiger partial charge in [0.05, 0.1) is 12.6 Å². The first kappa shape index (κ1) is 13.6. The monoisotopic (exact) mass is 247 g/mol. The van der Waals surface area contributed by atoms with Gasteiger partial charge in [-0.1, -0.05) is 50.1 Å². The van der Waals surface area contributed by atoms with E-state index in [0.29, 0.717) is 6.04 Å². The Balaban J connectivity index is 2.19. The zero-order chi connectivity index (χ0) is 12.8. The number of aliphatic hydroxyl groups excluding tert-OH is 1. The standard InChI is InChI=1S/C16H25NO/c1-2-15-11-7-4-8-12-17(15)16(13-18)14-9-5-3-6-10-14/h3,5-6,9-10,15-16,18H,2,4,7-8,11-13H2,1H3/t15-,16+/m1/s1. The average molecular weight is 247 g/mol. The quantitative estimate of drug-likeness (QED) is 0.881. The molecular weight excluding hydrogens is 222 g/mol. The van der Waals surface area contributed by atoms with Crippen molar-refractivity contribution in [2.75, 3.05) is 13.2 Å². The van der Waals surface area contributed by atoms with E-state index in [1.165, 1.54) is 37.7 Å². The highest BCUT2D eigenvalue weighted by molar-refractivity contribution is 5.19. The molecule has 1 N–H and O–H groups in total. The third-order valence-corrected chi connectivity index (χ3v) is 4.15. The summed E-state index contributed by atoms with van der Waals surface area (Å²) in [6.07, 6.45) is 6.39. The predicted molar refractivity (Wildman–Crippen MR) is 75.5 cm³/mol. The van der Waals surface area contributed by atoms with E-state index in [9.17, 15) is 5.11 Å². The summed E-state index contributed by atoms with van der Waals surface area (Å²) < 4.78 is 0. The average Bonchev–Trinajstić information content (AvgIpc) is 2.66. The van der Waals surface area contributed by atoms with E-state index in [2.05, 4.69) is 36.1 Å². The summed E-state index contributed by atoms with van der Waals surface area (Å²) in [5, 5.41) is 9.80. The topological polar surface area (TPSA) is 23.5 Å². The van der Waals surface area contributed by atoms with E-state index >= 15 is 0 Å². The molecule has 1 aliphatic rings. The van der Waals surface area contributed by atoms with Crippen molar-refractivity contribution in [3.8, 4) is 0 Å². The molecule has 0 unspecified atom stereocenters. The first-order chi connectivity index (χ1) is 8.86. The van der Waals surface area contributed by atoms with Gasteiger partial charge in [-0.15, -0.1) is 0 Å². The van der Waals surface area contributed by atoms with Crippen LogP contribution in [0.3, 0.4) is 0 Å². The van der Waals surface area contributed by atoms with Gasteiger partial charge in [0, 0.05) is 6.04 Å². The van der Waals surface area contributed by atoms with Crippen LogP contribution < -0.4 is 0 Å². The minimum Gasteiger partial charge on any atom is -0.394 e. The number of aliphatic hydroxyl groups is 1. The van der Waals surface area contributed by atoms with Crippen molar-refractivity contribution >= 4 is 0 Å². The Morgan fingerprint density at radius 2 is 2.00 bits per heavy atom. The second-order valence-electron chi connectivity index (χ2n) is 5.26. The Kier molecular flexibility index (Phi) is 5.21. The molecule has 2 heteroatoms. The van der Waals surface area contributed by atoms with Crippen molar-refractivity contribution in [1.29, 1.82) is 0 Å². The first-order valence-corrected chi connectivity index (χ1v) is 7.28. The Bertz CT molecular complexity index is 338. The summed E-state index contributed by atoms with van der Waals surface area (Å²) in [5.41, 5.74) is 1.25. The van der Waals surface area contributed by atoms with Gasteiger partial charge < -0.3 is 5.11 Å². The van der Waals surface area contributed by atoms with E-state index in [1.807, 2.05) is 6.07 Å². The van der Waals surface area contributed by atoms with Crippen LogP contribution in [0.2, 0.25) is 0 Å². The van der Waals surface area contributed by atoms with Crippen LogP contribution in [-0.2, 0) is 0 Å². The fraction of sp³-hybridized carbons (Fsp3) is 0.625. The van der Waals surface area contributed by atoms with Gasteiger partial charge in [0.1, 0.15) is 0 Å². The van der Waals surface area contributed by atoms with Crippen molar-refractivity contribution < 1.29 is 5.11 Å². The second-order valence-corrected chi connectivity index (χ2v) is 5.26. The summed E-state index contributed by atoms with van der Waals surface area (Å²) in [5.74, 6) is 0. The molecule has 1 saturated heterocycles. The molecule has 2 atom stereocenters. The predicted octanol–water partition coefficient (Wildman–Crippen LogP) is 3.37. The van der Waals surface area contributed by atoms with Crippen molar-refractivity contribution in [1.82, 2.24) is 4.90 Å². The molecule has 2 nitrogen and oxygen atoms in total. The van der Waals surface area contributed by atoms with Crippen molar-refractivity contribution in [2.24, 2.45) is 0 Å². The summed E-state index contributed by atoms with van der Waals surface area (Å²) in [4.78, 5) is 2.53. The van der Waals surface area contributed by atoms with Gasteiger partial charge >= 0.3 is 0 Å². The molecule has 1 aromatic rings. The van der Waals surface area contributed by atoms with Crippen LogP contribution in [0.5, 0.6) is 0 Å². The highest BCUT2D eigenvalue weighted by Crippen LogP contribution is 2.29. The fourth-order valence-corrected chi connectivity index (χ4v) is 3.13. The molecule has 0 bridgehead atoms. The van der Waals surface area contributed by atoms with Gasteiger partial charge in [0.15, 0.2) is 0 Å². The van der Waals surface area contributed by atoms with Crippen LogP contribution >= 0.6 is 0 Å². The Labute approximate surface area is 111 Å². The molecule has 1 aliphatic heterocycles. The van der Waals surface area contributed by atoms with E-state index in [4.69, 9.17) is 0 Å². The fourth-order valence-electron chi connectivity index (χ4n) is 3.13. The van der Waals surface area contributed by atoms with E-state index in [0.717, 1.165) is 6.54 Å². The summed E-state index contributed by atoms with van der Waals surface area (Å²) in [7, 11) is 0. The van der Waals surface area contributed by atoms with Crippen LogP contribution in [0.25, 0.3) is 0 Å². The highest BCUT2D eigenvalue weighted by Gasteiger charge is 2.27. The van der Waals surface area contributed by atoms with E-state index < -0.39 is 0 Å². The van der Waals surface area contributed by atoms with Crippen LogP contribution in [0, 0.1) is 0 Å². The highest BCUT2D eigenvalue weighted by atomic mass is 16.3. The van der Waals surface area contributed by atoms with Gasteiger partial charge in [-0.25, -0.2) is 0 Å². The van der Waals surface area contributed by atoms with Gasteiger partial charge in [0.25, 0.3) is 0 Å². The lowest BCUT2D eigenvalue weighted by Crippen LogP contribution is -2.39. The SMILES string of the molecule is CC[C@@H]1CCCCCN1[C@@H](CO)c1ccccc1. The van der Waals surface area contributed by atoms with Crippen LogP contribution in [0.4, 0.5) is 0 Å². The number of hydrogen-bond acceptors (Lipinski definition) is 2. The number of hydrogen-bond donors (Lipinski definition) is 1. The minimum atomic E-state index is 0.175. The molecule has 0 spiro atoms. The maximum absolute atomic E-state index is 9.80. The molecular formula is C16H25NO. The second kappa shape index (κ2) is 6.91. The first-order valence-electron chi connectivity index (χ1n) is 7.28. The molecule has 0 radical (unpaired) electrons. The van der Waals surface area contributed by atoms with Gasteiger partial charge in [-0.05, 0) is 31.4 Å². The largest absolute Gasteiger partial charge is 0.394 e. The molecule has 0 aliphatic carbocycles. The smallest absolute Gasteiger partial charge is 0.0628 e. The lowest BCUT2D eigenvalue weighted by atomic mass is 10.0. The van der Waals surface area contributed by atoms with E-state index in [1.54, 1.807) is 0 Å². The molecule has 0 amide bonds. The van der Waals surface area contributed by atoms with Gasteiger partial charge in [-0.2, -0.15) is 0 Å². The van der Waals surface area contributed by atoms with Crippen LogP contribution in [0.1, 0.15) is 50.6 Å². The number of nitrogens with zero attached hydrogens (tertiary/aromatic N) is 1. The Morgan fingerprint density at radius 3 is 2.67 bits per heavy atom. The summed E-state index contributed by atoms with van der Waals surface area (Å²) in [6, 6.07) is 11.3. The maximum atomic E-state index is 9.80. The molecule has 1 heterocycles. The summed E-state index contributed by atoms with van der Waals surface area (Å²) in [6.45, 7) is 3.61. The van der Waals surface area contributed by atoms with Crippen molar-refractivity contribution in [2.45, 2.75) is 51.1 Å². The third kappa shape index (κ3) is 3.12. The Hall–Kier alpha value is -0.860. The summed E-state index contributed by atoms with van der Waals surface area (Å²) >= 11 is 0. The molecule has 0 saturated carbocycles. The van der Waals surface area contributed by atoms with Crippen molar-refractivity contribution in [3.05, 3.63) is 35.9 Å². The van der Waals surface area contributed by atoms with Gasteiger partial charge in [0.2, 0.25) is 0 Å². The van der Waals surface area contributed by atoms with Crippen LogP contribution in [0.15, 0.2) is 30.3 Å². The molecule has 18 heavy (non-hydrogen) atoms. The molecule has 1 aromatic carbocycles. The molecule has 2 rings (SSSR count).